The molecule has 0 radical (unpaired) electrons. The lowest BCUT2D eigenvalue weighted by Gasteiger charge is -2.13. The van der Waals surface area contributed by atoms with Gasteiger partial charge in [0.15, 0.2) is 0 Å². The van der Waals surface area contributed by atoms with E-state index in [2.05, 4.69) is 22.8 Å². The van der Waals surface area contributed by atoms with Gasteiger partial charge in [-0.1, -0.05) is 42.5 Å². The molecular weight excluding hydrogens is 329 g/mol. The molecule has 2 aromatic carbocycles. The van der Waals surface area contributed by atoms with Crippen molar-refractivity contribution in [1.29, 1.82) is 0 Å². The summed E-state index contributed by atoms with van der Waals surface area (Å²) in [5, 5.41) is 5.47. The van der Waals surface area contributed by atoms with Crippen molar-refractivity contribution in [2.45, 2.75) is 25.4 Å². The van der Waals surface area contributed by atoms with Crippen molar-refractivity contribution in [1.82, 2.24) is 5.32 Å². The van der Waals surface area contributed by atoms with E-state index in [0.717, 1.165) is 25.5 Å². The highest BCUT2D eigenvalue weighted by Gasteiger charge is 2.33. The van der Waals surface area contributed by atoms with Crippen LogP contribution < -0.4 is 10.6 Å². The molecule has 2 aromatic rings. The zero-order valence-corrected chi connectivity index (χ0v) is 13.8. The molecule has 134 valence electrons. The van der Waals surface area contributed by atoms with Gasteiger partial charge in [0.2, 0.25) is 5.91 Å². The van der Waals surface area contributed by atoms with Gasteiger partial charge in [0.25, 0.3) is 0 Å². The zero-order valence-electron chi connectivity index (χ0n) is 13.8. The molecule has 3 nitrogen and oxygen atoms in total. The topological polar surface area (TPSA) is 41.1 Å². The van der Waals surface area contributed by atoms with Crippen LogP contribution in [-0.2, 0) is 17.4 Å². The van der Waals surface area contributed by atoms with Gasteiger partial charge in [-0.3, -0.25) is 4.79 Å². The van der Waals surface area contributed by atoms with Crippen LogP contribution in [0.5, 0.6) is 0 Å². The van der Waals surface area contributed by atoms with Crippen molar-refractivity contribution < 1.29 is 18.0 Å². The highest BCUT2D eigenvalue weighted by Crippen LogP contribution is 2.34. The average molecular weight is 350 g/mol. The summed E-state index contributed by atoms with van der Waals surface area (Å²) in [5.41, 5.74) is 0.217. The Morgan fingerprint density at radius 2 is 1.60 bits per heavy atom. The van der Waals surface area contributed by atoms with Gasteiger partial charge < -0.3 is 10.6 Å². The van der Waals surface area contributed by atoms with Gasteiger partial charge in [0.1, 0.15) is 0 Å². The minimum atomic E-state index is -4.49. The van der Waals surface area contributed by atoms with Crippen molar-refractivity contribution >= 4 is 11.6 Å². The van der Waals surface area contributed by atoms with Gasteiger partial charge in [0.05, 0.1) is 11.3 Å². The minimum absolute atomic E-state index is 0.123. The number of hydrogen-bond donors (Lipinski definition) is 2. The molecule has 2 rings (SSSR count). The van der Waals surface area contributed by atoms with Crippen LogP contribution in [0.3, 0.4) is 0 Å². The molecule has 0 aromatic heterocycles. The second-order valence-corrected chi connectivity index (χ2v) is 5.68. The third-order valence-corrected chi connectivity index (χ3v) is 3.70. The fourth-order valence-corrected chi connectivity index (χ4v) is 2.44. The van der Waals surface area contributed by atoms with Gasteiger partial charge in [-0.05, 0) is 37.1 Å². The number of nitrogens with one attached hydrogen (secondary N) is 2. The van der Waals surface area contributed by atoms with E-state index in [0.29, 0.717) is 6.54 Å². The summed E-state index contributed by atoms with van der Waals surface area (Å²) in [7, 11) is 0. The molecule has 0 aliphatic rings. The monoisotopic (exact) mass is 350 g/mol. The zero-order chi connectivity index (χ0) is 18.1. The smallest absolute Gasteiger partial charge is 0.325 e. The third kappa shape index (κ3) is 6.58. The SMILES string of the molecule is O=C(CCNCCCc1ccccc1)Nc1ccccc1C(F)(F)F. The summed E-state index contributed by atoms with van der Waals surface area (Å²) >= 11 is 0. The summed E-state index contributed by atoms with van der Waals surface area (Å²) < 4.78 is 38.6. The standard InChI is InChI=1S/C19H21F3N2O/c20-19(21,22)16-10-4-5-11-17(16)24-18(25)12-14-23-13-6-9-15-7-2-1-3-8-15/h1-5,7-8,10-11,23H,6,9,12-14H2,(H,24,25). The summed E-state index contributed by atoms with van der Waals surface area (Å²) in [5.74, 6) is -0.438. The van der Waals surface area contributed by atoms with Gasteiger partial charge in [-0.25, -0.2) is 0 Å². The van der Waals surface area contributed by atoms with Gasteiger partial charge in [0, 0.05) is 13.0 Å². The number of amides is 1. The number of halogens is 3. The Morgan fingerprint density at radius 1 is 0.920 bits per heavy atom. The van der Waals surface area contributed by atoms with Crippen LogP contribution in [0.2, 0.25) is 0 Å². The van der Waals surface area contributed by atoms with Crippen molar-refractivity contribution in [3.8, 4) is 0 Å². The van der Waals surface area contributed by atoms with E-state index >= 15 is 0 Å². The lowest BCUT2D eigenvalue weighted by molar-refractivity contribution is -0.137. The molecule has 0 aliphatic carbocycles. The number of carbonyl (C=O) groups excluding carboxylic acids is 1. The Morgan fingerprint density at radius 3 is 2.32 bits per heavy atom. The van der Waals surface area contributed by atoms with Crippen LogP contribution >= 0.6 is 0 Å². The maximum absolute atomic E-state index is 12.9. The van der Waals surface area contributed by atoms with E-state index in [-0.39, 0.29) is 12.1 Å². The molecule has 1 amide bonds. The van der Waals surface area contributed by atoms with Crippen molar-refractivity contribution in [3.63, 3.8) is 0 Å². The molecule has 0 saturated heterocycles. The number of aryl methyl sites for hydroxylation is 1. The van der Waals surface area contributed by atoms with Crippen LogP contribution in [0, 0.1) is 0 Å². The van der Waals surface area contributed by atoms with Gasteiger partial charge >= 0.3 is 6.18 Å². The maximum Gasteiger partial charge on any atom is 0.418 e. The largest absolute Gasteiger partial charge is 0.418 e. The van der Waals surface area contributed by atoms with E-state index in [4.69, 9.17) is 0 Å². The minimum Gasteiger partial charge on any atom is -0.325 e. The van der Waals surface area contributed by atoms with E-state index in [9.17, 15) is 18.0 Å². The Hall–Kier alpha value is -2.34. The Kier molecular flexibility index (Phi) is 7.01. The molecular formula is C19H21F3N2O. The lowest BCUT2D eigenvalue weighted by Crippen LogP contribution is -2.23. The molecule has 0 atom stereocenters. The Bertz CT molecular complexity index is 672. The quantitative estimate of drug-likeness (QED) is 0.699. The average Bonchev–Trinajstić information content (AvgIpc) is 2.58. The first kappa shape index (κ1) is 19.0. The fourth-order valence-electron chi connectivity index (χ4n) is 2.44. The van der Waals surface area contributed by atoms with Crippen LogP contribution in [0.25, 0.3) is 0 Å². The predicted molar refractivity (Wildman–Crippen MR) is 92.3 cm³/mol. The molecule has 25 heavy (non-hydrogen) atoms. The highest BCUT2D eigenvalue weighted by atomic mass is 19.4. The summed E-state index contributed by atoms with van der Waals surface area (Å²) in [6.07, 6.45) is -2.49. The van der Waals surface area contributed by atoms with Crippen LogP contribution in [0.4, 0.5) is 18.9 Å². The second kappa shape index (κ2) is 9.22. The number of alkyl halides is 3. The Labute approximate surface area is 145 Å². The van der Waals surface area contributed by atoms with Gasteiger partial charge in [-0.15, -0.1) is 0 Å². The van der Waals surface area contributed by atoms with Crippen molar-refractivity contribution in [2.24, 2.45) is 0 Å². The van der Waals surface area contributed by atoms with Crippen LogP contribution in [-0.4, -0.2) is 19.0 Å². The molecule has 0 unspecified atom stereocenters. The normalized spacial score (nSPS) is 11.3. The van der Waals surface area contributed by atoms with Crippen LogP contribution in [0.15, 0.2) is 54.6 Å². The fraction of sp³-hybridized carbons (Fsp3) is 0.316. The number of benzene rings is 2. The van der Waals surface area contributed by atoms with Crippen molar-refractivity contribution in [3.05, 3.63) is 65.7 Å². The number of para-hydroxylation sites is 1. The van der Waals surface area contributed by atoms with E-state index in [1.54, 1.807) is 0 Å². The molecule has 0 saturated carbocycles. The van der Waals surface area contributed by atoms with E-state index in [1.807, 2.05) is 18.2 Å². The number of carbonyl (C=O) groups is 1. The number of rotatable bonds is 8. The molecule has 0 spiro atoms. The molecule has 0 aliphatic heterocycles. The summed E-state index contributed by atoms with van der Waals surface area (Å²) in [6.45, 7) is 1.18. The lowest BCUT2D eigenvalue weighted by atomic mass is 10.1. The molecule has 2 N–H and O–H groups in total. The molecule has 0 heterocycles. The van der Waals surface area contributed by atoms with Crippen molar-refractivity contribution in [2.75, 3.05) is 18.4 Å². The molecule has 6 heteroatoms. The van der Waals surface area contributed by atoms with Crippen LogP contribution in [0.1, 0.15) is 24.0 Å². The number of anilines is 1. The first-order valence-corrected chi connectivity index (χ1v) is 8.17. The Balaban J connectivity index is 1.68. The first-order valence-electron chi connectivity index (χ1n) is 8.17. The maximum atomic E-state index is 12.9. The first-order chi connectivity index (χ1) is 12.0. The third-order valence-electron chi connectivity index (χ3n) is 3.70. The number of hydrogen-bond acceptors (Lipinski definition) is 2. The molecule has 0 fully saturated rings. The van der Waals surface area contributed by atoms with Gasteiger partial charge in [-0.2, -0.15) is 13.2 Å². The second-order valence-electron chi connectivity index (χ2n) is 5.68. The summed E-state index contributed by atoms with van der Waals surface area (Å²) in [6, 6.07) is 15.1. The van der Waals surface area contributed by atoms with E-state index < -0.39 is 17.6 Å². The summed E-state index contributed by atoms with van der Waals surface area (Å²) in [4.78, 5) is 11.8. The van der Waals surface area contributed by atoms with E-state index in [1.165, 1.54) is 23.8 Å². The molecule has 0 bridgehead atoms. The predicted octanol–water partition coefficient (Wildman–Crippen LogP) is 4.26. The highest BCUT2D eigenvalue weighted by molar-refractivity contribution is 5.91.